The minimum atomic E-state index is -0.621. The normalized spacial score (nSPS) is 20.5. The van der Waals surface area contributed by atoms with Gasteiger partial charge in [0.15, 0.2) is 0 Å². The van der Waals surface area contributed by atoms with E-state index in [9.17, 15) is 14.0 Å². The molecule has 0 bridgehead atoms. The predicted octanol–water partition coefficient (Wildman–Crippen LogP) is 5.50. The molecule has 11 heteroatoms. The number of benzene rings is 1. The first-order chi connectivity index (χ1) is 21.4. The summed E-state index contributed by atoms with van der Waals surface area (Å²) in [5.41, 5.74) is 2.02. The first-order valence-electron chi connectivity index (χ1n) is 15.9. The zero-order chi connectivity index (χ0) is 32.0. The number of carbonyl (C=O) groups is 2. The third kappa shape index (κ3) is 6.56. The molecule has 2 amide bonds. The van der Waals surface area contributed by atoms with E-state index in [0.717, 1.165) is 38.0 Å². The second kappa shape index (κ2) is 12.3. The van der Waals surface area contributed by atoms with Gasteiger partial charge in [-0.05, 0) is 82.7 Å². The Hall–Kier alpha value is -3.57. The highest BCUT2D eigenvalue weighted by atomic mass is 19.1. The van der Waals surface area contributed by atoms with Crippen molar-refractivity contribution in [1.82, 2.24) is 24.1 Å². The van der Waals surface area contributed by atoms with E-state index >= 15 is 4.39 Å². The van der Waals surface area contributed by atoms with Gasteiger partial charge in [-0.15, -0.1) is 0 Å². The molecule has 242 valence electrons. The number of piperidine rings is 1. The molecule has 0 radical (unpaired) electrons. The number of carbonyl (C=O) groups excluding carboxylic acids is 2. The summed E-state index contributed by atoms with van der Waals surface area (Å²) in [5.74, 6) is -0.207. The molecule has 0 unspecified atom stereocenters. The number of pyridine rings is 1. The molecule has 0 aliphatic carbocycles. The van der Waals surface area contributed by atoms with E-state index in [1.165, 1.54) is 12.1 Å². The van der Waals surface area contributed by atoms with Gasteiger partial charge in [0.05, 0.1) is 24.8 Å². The van der Waals surface area contributed by atoms with Crippen molar-refractivity contribution in [3.05, 3.63) is 59.2 Å². The van der Waals surface area contributed by atoms with Gasteiger partial charge in [-0.25, -0.2) is 14.2 Å². The number of nitrogens with zero attached hydrogens (tertiary/aromatic N) is 5. The van der Waals surface area contributed by atoms with Gasteiger partial charge in [0, 0.05) is 56.9 Å². The molecule has 0 N–H and O–H groups in total. The lowest BCUT2D eigenvalue weighted by Gasteiger charge is -2.43. The zero-order valence-electron chi connectivity index (χ0n) is 26.8. The Morgan fingerprint density at radius 2 is 1.80 bits per heavy atom. The summed E-state index contributed by atoms with van der Waals surface area (Å²) in [5, 5.41) is 0. The van der Waals surface area contributed by atoms with E-state index in [2.05, 4.69) is 9.88 Å². The van der Waals surface area contributed by atoms with Crippen LogP contribution in [0.2, 0.25) is 0 Å². The zero-order valence-corrected chi connectivity index (χ0v) is 26.8. The molecular weight excluding hydrogens is 580 g/mol. The van der Waals surface area contributed by atoms with Crippen molar-refractivity contribution < 1.29 is 27.8 Å². The first-order valence-corrected chi connectivity index (χ1v) is 15.9. The molecule has 3 aromatic rings. The van der Waals surface area contributed by atoms with Gasteiger partial charge in [-0.2, -0.15) is 4.39 Å². The second-order valence-corrected chi connectivity index (χ2v) is 13.8. The number of hydrogen-bond donors (Lipinski definition) is 0. The van der Waals surface area contributed by atoms with Crippen molar-refractivity contribution in [2.45, 2.75) is 65.0 Å². The summed E-state index contributed by atoms with van der Waals surface area (Å²) in [7, 11) is 0. The summed E-state index contributed by atoms with van der Waals surface area (Å²) >= 11 is 0. The molecule has 6 rings (SSSR count). The standard InChI is InChI=1S/C34H43F2N5O4/c1-21-20-44-13-12-40(21)32(42)29-15-26(35)6-7-27(29)28-14-24(19-41-22(2)37-31(36)30(28)41)25-17-38(18-25)16-23-8-10-39(11-9-23)33(43)45-34(3,4)5/h6-7,14-15,19,21,23,25H,8-13,16-18,20H2,1-5H3/t21-/m1/s1. The Balaban J connectivity index is 1.20. The number of aromatic nitrogens is 2. The minimum Gasteiger partial charge on any atom is -0.444 e. The smallest absolute Gasteiger partial charge is 0.410 e. The summed E-state index contributed by atoms with van der Waals surface area (Å²) in [4.78, 5) is 36.3. The third-order valence-electron chi connectivity index (χ3n) is 9.23. The first kappa shape index (κ1) is 31.4. The highest BCUT2D eigenvalue weighted by Gasteiger charge is 2.34. The average molecular weight is 624 g/mol. The topological polar surface area (TPSA) is 79.6 Å². The number of aryl methyl sites for hydroxylation is 1. The number of likely N-dealkylation sites (tertiary alicyclic amines) is 2. The van der Waals surface area contributed by atoms with E-state index in [1.807, 2.05) is 40.0 Å². The van der Waals surface area contributed by atoms with Crippen LogP contribution in [0.3, 0.4) is 0 Å². The van der Waals surface area contributed by atoms with Crippen LogP contribution in [0.15, 0.2) is 30.5 Å². The number of ether oxygens (including phenoxy) is 2. The van der Waals surface area contributed by atoms with Crippen LogP contribution in [-0.4, -0.2) is 100 Å². The fraction of sp³-hybridized carbons (Fsp3) is 0.559. The van der Waals surface area contributed by atoms with Crippen molar-refractivity contribution in [3.8, 4) is 11.1 Å². The predicted molar refractivity (Wildman–Crippen MR) is 166 cm³/mol. The largest absolute Gasteiger partial charge is 0.444 e. The lowest BCUT2D eigenvalue weighted by molar-refractivity contribution is 0.00360. The maximum absolute atomic E-state index is 15.3. The van der Waals surface area contributed by atoms with Crippen molar-refractivity contribution >= 4 is 17.5 Å². The van der Waals surface area contributed by atoms with Gasteiger partial charge < -0.3 is 28.6 Å². The van der Waals surface area contributed by atoms with Crippen LogP contribution < -0.4 is 0 Å². The summed E-state index contributed by atoms with van der Waals surface area (Å²) in [6.07, 6.45) is 3.58. The number of morpholine rings is 1. The second-order valence-electron chi connectivity index (χ2n) is 13.8. The Kier molecular flexibility index (Phi) is 8.60. The van der Waals surface area contributed by atoms with Crippen LogP contribution in [0.1, 0.15) is 68.2 Å². The molecule has 0 saturated carbocycles. The molecular formula is C34H43F2N5O4. The number of halogens is 2. The maximum atomic E-state index is 15.3. The summed E-state index contributed by atoms with van der Waals surface area (Å²) < 4.78 is 42.7. The average Bonchev–Trinajstić information content (AvgIpc) is 3.26. The monoisotopic (exact) mass is 623 g/mol. The van der Waals surface area contributed by atoms with Crippen LogP contribution in [-0.2, 0) is 9.47 Å². The number of fused-ring (bicyclic) bond motifs is 1. The van der Waals surface area contributed by atoms with Crippen LogP contribution in [0.25, 0.3) is 16.6 Å². The number of hydrogen-bond acceptors (Lipinski definition) is 6. The molecule has 9 nitrogen and oxygen atoms in total. The number of imidazole rings is 1. The van der Waals surface area contributed by atoms with Gasteiger partial charge in [0.2, 0.25) is 5.95 Å². The lowest BCUT2D eigenvalue weighted by Crippen LogP contribution is -2.49. The van der Waals surface area contributed by atoms with E-state index in [4.69, 9.17) is 9.47 Å². The molecule has 2 aromatic heterocycles. The van der Waals surface area contributed by atoms with E-state index in [1.54, 1.807) is 27.2 Å². The van der Waals surface area contributed by atoms with Gasteiger partial charge in [0.25, 0.3) is 5.91 Å². The minimum absolute atomic E-state index is 0.159. The lowest BCUT2D eigenvalue weighted by atomic mass is 9.87. The van der Waals surface area contributed by atoms with Crippen LogP contribution in [0, 0.1) is 24.6 Å². The van der Waals surface area contributed by atoms with Gasteiger partial charge in [-0.1, -0.05) is 6.07 Å². The van der Waals surface area contributed by atoms with Gasteiger partial charge in [0.1, 0.15) is 22.8 Å². The van der Waals surface area contributed by atoms with Crippen molar-refractivity contribution in [2.75, 3.05) is 52.5 Å². The molecule has 3 saturated heterocycles. The third-order valence-corrected chi connectivity index (χ3v) is 9.23. The van der Waals surface area contributed by atoms with Crippen LogP contribution in [0.4, 0.5) is 13.6 Å². The fourth-order valence-electron chi connectivity index (χ4n) is 6.79. The Labute approximate surface area is 263 Å². The highest BCUT2D eigenvalue weighted by molar-refractivity contribution is 6.03. The summed E-state index contributed by atoms with van der Waals surface area (Å²) in [6, 6.07) is 5.94. The van der Waals surface area contributed by atoms with Crippen LogP contribution >= 0.6 is 0 Å². The van der Waals surface area contributed by atoms with E-state index in [0.29, 0.717) is 55.7 Å². The number of rotatable bonds is 5. The number of amides is 2. The Morgan fingerprint density at radius 3 is 2.49 bits per heavy atom. The summed E-state index contributed by atoms with van der Waals surface area (Å²) in [6.45, 7) is 14.6. The molecule has 1 aromatic carbocycles. The molecule has 1 atom stereocenters. The van der Waals surface area contributed by atoms with Gasteiger partial charge in [-0.3, -0.25) is 4.79 Å². The Bertz CT molecular complexity index is 1590. The fourth-order valence-corrected chi connectivity index (χ4v) is 6.79. The molecule has 3 aliphatic heterocycles. The van der Waals surface area contributed by atoms with E-state index < -0.39 is 17.4 Å². The Morgan fingerprint density at radius 1 is 1.07 bits per heavy atom. The molecule has 45 heavy (non-hydrogen) atoms. The highest BCUT2D eigenvalue weighted by Crippen LogP contribution is 2.37. The SMILES string of the molecule is Cc1nc(F)c2c(-c3ccc(F)cc3C(=O)N3CCOC[C@H]3C)cc(C3CN(CC4CCN(C(=O)OC(C)(C)C)CC4)C3)cn12. The molecule has 3 aliphatic rings. The molecule has 3 fully saturated rings. The van der Waals surface area contributed by atoms with Crippen molar-refractivity contribution in [3.63, 3.8) is 0 Å². The van der Waals surface area contributed by atoms with Gasteiger partial charge >= 0.3 is 6.09 Å². The van der Waals surface area contributed by atoms with E-state index in [-0.39, 0.29) is 35.0 Å². The van der Waals surface area contributed by atoms with Crippen molar-refractivity contribution in [1.29, 1.82) is 0 Å². The molecule has 0 spiro atoms. The quantitative estimate of drug-likeness (QED) is 0.374. The maximum Gasteiger partial charge on any atom is 0.410 e. The van der Waals surface area contributed by atoms with Crippen LogP contribution in [0.5, 0.6) is 0 Å². The molecule has 5 heterocycles. The van der Waals surface area contributed by atoms with Crippen molar-refractivity contribution in [2.24, 2.45) is 5.92 Å².